The molecule has 1 aromatic carbocycles. The van der Waals surface area contributed by atoms with Crippen molar-refractivity contribution in [1.82, 2.24) is 4.90 Å². The second-order valence-corrected chi connectivity index (χ2v) is 5.46. The molecule has 0 radical (unpaired) electrons. The zero-order valence-corrected chi connectivity index (χ0v) is 11.0. The van der Waals surface area contributed by atoms with Crippen LogP contribution in [0.4, 0.5) is 0 Å². The maximum Gasteiger partial charge on any atom is 0.0452 e. The standard InChI is InChI=1S/C14H24N2/c1-14(2,3)13-7-5-12(6-8-13)9-10-16(4)11-15/h5-8H,9-11,15H2,1-4H3. The Bertz CT molecular complexity index is 309. The highest BCUT2D eigenvalue weighted by Crippen LogP contribution is 2.22. The van der Waals surface area contributed by atoms with Crippen LogP contribution >= 0.6 is 0 Å². The average molecular weight is 220 g/mol. The first kappa shape index (κ1) is 13.2. The molecule has 0 atom stereocenters. The fourth-order valence-electron chi connectivity index (χ4n) is 1.58. The Morgan fingerprint density at radius 3 is 2.12 bits per heavy atom. The summed E-state index contributed by atoms with van der Waals surface area (Å²) in [6.07, 6.45) is 1.07. The van der Waals surface area contributed by atoms with Gasteiger partial charge in [-0.3, -0.25) is 4.90 Å². The van der Waals surface area contributed by atoms with Crippen molar-refractivity contribution in [3.05, 3.63) is 35.4 Å². The Labute approximate surface area is 99.5 Å². The van der Waals surface area contributed by atoms with Crippen LogP contribution in [-0.2, 0) is 11.8 Å². The molecule has 0 unspecified atom stereocenters. The van der Waals surface area contributed by atoms with Crippen molar-refractivity contribution in [2.75, 3.05) is 20.3 Å². The lowest BCUT2D eigenvalue weighted by molar-refractivity contribution is 0.349. The zero-order valence-electron chi connectivity index (χ0n) is 11.0. The van der Waals surface area contributed by atoms with E-state index in [4.69, 9.17) is 5.73 Å². The van der Waals surface area contributed by atoms with Gasteiger partial charge < -0.3 is 5.73 Å². The van der Waals surface area contributed by atoms with Crippen molar-refractivity contribution in [1.29, 1.82) is 0 Å². The van der Waals surface area contributed by atoms with Crippen molar-refractivity contribution in [2.45, 2.75) is 32.6 Å². The Kier molecular flexibility index (Phi) is 4.51. The van der Waals surface area contributed by atoms with E-state index in [-0.39, 0.29) is 5.41 Å². The van der Waals surface area contributed by atoms with Crippen LogP contribution in [0.3, 0.4) is 0 Å². The summed E-state index contributed by atoms with van der Waals surface area (Å²) < 4.78 is 0. The minimum absolute atomic E-state index is 0.243. The van der Waals surface area contributed by atoms with E-state index in [2.05, 4.69) is 49.9 Å². The smallest absolute Gasteiger partial charge is 0.0452 e. The summed E-state index contributed by atoms with van der Waals surface area (Å²) in [6, 6.07) is 8.92. The normalized spacial score (nSPS) is 12.1. The van der Waals surface area contributed by atoms with Crippen LogP contribution in [0, 0.1) is 0 Å². The van der Waals surface area contributed by atoms with Crippen molar-refractivity contribution in [3.8, 4) is 0 Å². The van der Waals surface area contributed by atoms with Gasteiger partial charge in [-0.2, -0.15) is 0 Å². The van der Waals surface area contributed by atoms with E-state index >= 15 is 0 Å². The van der Waals surface area contributed by atoms with E-state index in [1.165, 1.54) is 11.1 Å². The van der Waals surface area contributed by atoms with E-state index in [1.54, 1.807) is 0 Å². The molecule has 0 aliphatic carbocycles. The molecule has 2 N–H and O–H groups in total. The molecule has 2 nitrogen and oxygen atoms in total. The van der Waals surface area contributed by atoms with Gasteiger partial charge >= 0.3 is 0 Å². The van der Waals surface area contributed by atoms with Gasteiger partial charge in [0.05, 0.1) is 0 Å². The molecule has 0 bridgehead atoms. The van der Waals surface area contributed by atoms with Crippen molar-refractivity contribution in [3.63, 3.8) is 0 Å². The van der Waals surface area contributed by atoms with E-state index < -0.39 is 0 Å². The minimum Gasteiger partial charge on any atom is -0.318 e. The van der Waals surface area contributed by atoms with E-state index in [9.17, 15) is 0 Å². The molecular formula is C14H24N2. The summed E-state index contributed by atoms with van der Waals surface area (Å²) in [5.74, 6) is 0. The minimum atomic E-state index is 0.243. The molecule has 0 heterocycles. The Morgan fingerprint density at radius 1 is 1.12 bits per heavy atom. The number of hydrogen-bond acceptors (Lipinski definition) is 2. The first-order valence-electron chi connectivity index (χ1n) is 5.91. The third kappa shape index (κ3) is 3.95. The van der Waals surface area contributed by atoms with Crippen LogP contribution in [0.25, 0.3) is 0 Å². The van der Waals surface area contributed by atoms with E-state index in [0.717, 1.165) is 13.0 Å². The second-order valence-electron chi connectivity index (χ2n) is 5.46. The number of nitrogens with zero attached hydrogens (tertiary/aromatic N) is 1. The lowest BCUT2D eigenvalue weighted by Crippen LogP contribution is -2.27. The van der Waals surface area contributed by atoms with Crippen LogP contribution in [0.2, 0.25) is 0 Å². The molecule has 0 spiro atoms. The second kappa shape index (κ2) is 5.46. The van der Waals surface area contributed by atoms with Crippen molar-refractivity contribution in [2.24, 2.45) is 5.73 Å². The number of benzene rings is 1. The van der Waals surface area contributed by atoms with Crippen LogP contribution in [0.5, 0.6) is 0 Å². The van der Waals surface area contributed by atoms with E-state index in [1.807, 2.05) is 7.05 Å². The van der Waals surface area contributed by atoms with Gasteiger partial charge in [-0.25, -0.2) is 0 Å². The van der Waals surface area contributed by atoms with Crippen LogP contribution in [-0.4, -0.2) is 25.2 Å². The topological polar surface area (TPSA) is 29.3 Å². The predicted octanol–water partition coefficient (Wildman–Crippen LogP) is 2.37. The molecule has 2 heteroatoms. The average Bonchev–Trinajstić information content (AvgIpc) is 2.25. The van der Waals surface area contributed by atoms with Gasteiger partial charge in [0, 0.05) is 13.2 Å². The summed E-state index contributed by atoms with van der Waals surface area (Å²) in [4.78, 5) is 2.12. The molecule has 0 aliphatic heterocycles. The molecule has 0 saturated heterocycles. The van der Waals surface area contributed by atoms with Gasteiger partial charge in [0.15, 0.2) is 0 Å². The molecule has 0 amide bonds. The third-order valence-corrected chi connectivity index (χ3v) is 2.91. The highest BCUT2D eigenvalue weighted by Gasteiger charge is 2.12. The molecule has 1 aromatic rings. The fraction of sp³-hybridized carbons (Fsp3) is 0.571. The van der Waals surface area contributed by atoms with E-state index in [0.29, 0.717) is 6.67 Å². The largest absolute Gasteiger partial charge is 0.318 e. The quantitative estimate of drug-likeness (QED) is 0.789. The van der Waals surface area contributed by atoms with Crippen LogP contribution in [0.15, 0.2) is 24.3 Å². The molecular weight excluding hydrogens is 196 g/mol. The summed E-state index contributed by atoms with van der Waals surface area (Å²) in [5.41, 5.74) is 8.56. The van der Waals surface area contributed by atoms with Gasteiger partial charge in [-0.1, -0.05) is 45.0 Å². The summed E-state index contributed by atoms with van der Waals surface area (Å²) in [7, 11) is 2.05. The Hall–Kier alpha value is -0.860. The number of rotatable bonds is 4. The molecule has 90 valence electrons. The molecule has 16 heavy (non-hydrogen) atoms. The SMILES string of the molecule is CN(CN)CCc1ccc(C(C)(C)C)cc1. The van der Waals surface area contributed by atoms with Gasteiger partial charge in [0.25, 0.3) is 0 Å². The van der Waals surface area contributed by atoms with Crippen molar-refractivity contribution >= 4 is 0 Å². The first-order valence-corrected chi connectivity index (χ1v) is 5.91. The Balaban J connectivity index is 2.58. The number of hydrogen-bond donors (Lipinski definition) is 1. The molecule has 0 aliphatic rings. The maximum atomic E-state index is 5.54. The Morgan fingerprint density at radius 2 is 1.69 bits per heavy atom. The van der Waals surface area contributed by atoms with Gasteiger partial charge in [-0.05, 0) is 30.0 Å². The first-order chi connectivity index (χ1) is 7.43. The van der Waals surface area contributed by atoms with Gasteiger partial charge in [0.1, 0.15) is 0 Å². The van der Waals surface area contributed by atoms with Crippen LogP contribution < -0.4 is 5.73 Å². The molecule has 0 aromatic heterocycles. The predicted molar refractivity (Wildman–Crippen MR) is 70.5 cm³/mol. The third-order valence-electron chi connectivity index (χ3n) is 2.91. The molecule has 0 saturated carbocycles. The van der Waals surface area contributed by atoms with Gasteiger partial charge in [-0.15, -0.1) is 0 Å². The highest BCUT2D eigenvalue weighted by molar-refractivity contribution is 5.27. The number of likely N-dealkylation sites (N-methyl/N-ethyl adjacent to an activating group) is 1. The lowest BCUT2D eigenvalue weighted by atomic mass is 9.86. The zero-order chi connectivity index (χ0) is 12.2. The van der Waals surface area contributed by atoms with Gasteiger partial charge in [0.2, 0.25) is 0 Å². The molecule has 0 fully saturated rings. The maximum absolute atomic E-state index is 5.54. The monoisotopic (exact) mass is 220 g/mol. The summed E-state index contributed by atoms with van der Waals surface area (Å²) in [6.45, 7) is 8.37. The highest BCUT2D eigenvalue weighted by atomic mass is 15.1. The summed E-state index contributed by atoms with van der Waals surface area (Å²) >= 11 is 0. The number of nitrogens with two attached hydrogens (primary N) is 1. The van der Waals surface area contributed by atoms with Crippen molar-refractivity contribution < 1.29 is 0 Å². The fourth-order valence-corrected chi connectivity index (χ4v) is 1.58. The lowest BCUT2D eigenvalue weighted by Gasteiger charge is -2.19. The molecule has 1 rings (SSSR count). The summed E-state index contributed by atoms with van der Waals surface area (Å²) in [5, 5.41) is 0. The van der Waals surface area contributed by atoms with Crippen LogP contribution in [0.1, 0.15) is 31.9 Å².